The second-order valence-electron chi connectivity index (χ2n) is 6.74. The molecule has 0 radical (unpaired) electrons. The Morgan fingerprint density at radius 3 is 2.48 bits per heavy atom. The molecule has 132 valence electrons. The number of thiazole rings is 1. The number of hydrogen-bond donors (Lipinski definition) is 1. The third-order valence-corrected chi connectivity index (χ3v) is 6.10. The number of fused-ring (bicyclic) bond motifs is 2. The molecular weight excluding hydrogens is 353 g/mol. The lowest BCUT2D eigenvalue weighted by Crippen LogP contribution is -2.49. The van der Waals surface area contributed by atoms with Crippen molar-refractivity contribution in [2.45, 2.75) is 51.6 Å². The van der Waals surface area contributed by atoms with Crippen molar-refractivity contribution in [3.8, 4) is 0 Å². The maximum Gasteiger partial charge on any atom is 0.225 e. The fourth-order valence-electron chi connectivity index (χ4n) is 4.09. The highest BCUT2D eigenvalue weighted by molar-refractivity contribution is 7.11. The highest BCUT2D eigenvalue weighted by Crippen LogP contribution is 2.42. The van der Waals surface area contributed by atoms with Crippen LogP contribution in [-0.4, -0.2) is 28.9 Å². The monoisotopic (exact) mass is 379 g/mol. The van der Waals surface area contributed by atoms with Gasteiger partial charge in [-0.2, -0.15) is 0 Å². The molecule has 3 rings (SSSR count). The SMILES string of the molecule is Cc1ncc(CN(C)C(=O)C2CC3CCCC(C2)C3N)s1.Cl.Cl. The van der Waals surface area contributed by atoms with Crippen molar-refractivity contribution in [1.29, 1.82) is 0 Å². The maximum atomic E-state index is 12.7. The van der Waals surface area contributed by atoms with E-state index in [-0.39, 0.29) is 30.7 Å². The van der Waals surface area contributed by atoms with Gasteiger partial charge in [-0.15, -0.1) is 36.2 Å². The summed E-state index contributed by atoms with van der Waals surface area (Å²) in [5.41, 5.74) is 6.32. The van der Waals surface area contributed by atoms with Crippen molar-refractivity contribution < 1.29 is 4.79 Å². The topological polar surface area (TPSA) is 59.2 Å². The number of nitrogens with two attached hydrogens (primary N) is 1. The van der Waals surface area contributed by atoms with Gasteiger partial charge in [0.1, 0.15) is 0 Å². The zero-order valence-electron chi connectivity index (χ0n) is 13.7. The van der Waals surface area contributed by atoms with Gasteiger partial charge in [-0.25, -0.2) is 4.98 Å². The molecule has 2 saturated carbocycles. The number of aromatic nitrogens is 1. The molecule has 2 aliphatic carbocycles. The number of amides is 1. The van der Waals surface area contributed by atoms with E-state index < -0.39 is 0 Å². The van der Waals surface area contributed by atoms with E-state index in [1.165, 1.54) is 19.3 Å². The number of carbonyl (C=O) groups excluding carboxylic acids is 1. The minimum atomic E-state index is 0. The molecule has 1 heterocycles. The van der Waals surface area contributed by atoms with Gasteiger partial charge < -0.3 is 10.6 Å². The fraction of sp³-hybridized carbons (Fsp3) is 0.750. The quantitative estimate of drug-likeness (QED) is 0.874. The van der Waals surface area contributed by atoms with E-state index in [9.17, 15) is 4.79 Å². The molecule has 1 aromatic heterocycles. The summed E-state index contributed by atoms with van der Waals surface area (Å²) in [5, 5.41) is 1.06. The van der Waals surface area contributed by atoms with Crippen molar-refractivity contribution in [2.24, 2.45) is 23.5 Å². The molecule has 2 unspecified atom stereocenters. The van der Waals surface area contributed by atoms with Crippen LogP contribution in [0.4, 0.5) is 0 Å². The first-order chi connectivity index (χ1) is 10.0. The van der Waals surface area contributed by atoms with Gasteiger partial charge in [-0.1, -0.05) is 6.42 Å². The van der Waals surface area contributed by atoms with Crippen molar-refractivity contribution in [3.63, 3.8) is 0 Å². The van der Waals surface area contributed by atoms with Gasteiger partial charge >= 0.3 is 0 Å². The van der Waals surface area contributed by atoms with Crippen molar-refractivity contribution in [3.05, 3.63) is 16.1 Å². The Kier molecular flexibility index (Phi) is 7.78. The van der Waals surface area contributed by atoms with E-state index in [2.05, 4.69) is 4.98 Å². The Balaban J connectivity index is 0.00000132. The van der Waals surface area contributed by atoms with Crippen molar-refractivity contribution in [2.75, 3.05) is 7.05 Å². The van der Waals surface area contributed by atoms with Crippen LogP contribution in [-0.2, 0) is 11.3 Å². The van der Waals surface area contributed by atoms with E-state index in [0.29, 0.717) is 30.3 Å². The van der Waals surface area contributed by atoms with E-state index in [0.717, 1.165) is 22.7 Å². The Labute approximate surface area is 155 Å². The summed E-state index contributed by atoms with van der Waals surface area (Å²) < 4.78 is 0. The van der Waals surface area contributed by atoms with Gasteiger partial charge in [-0.05, 0) is 44.4 Å². The second-order valence-corrected chi connectivity index (χ2v) is 8.06. The zero-order valence-corrected chi connectivity index (χ0v) is 16.2. The highest BCUT2D eigenvalue weighted by atomic mass is 35.5. The molecule has 7 heteroatoms. The van der Waals surface area contributed by atoms with Crippen LogP contribution in [0.1, 0.15) is 42.0 Å². The Morgan fingerprint density at radius 1 is 1.35 bits per heavy atom. The van der Waals surface area contributed by atoms with E-state index in [4.69, 9.17) is 5.73 Å². The summed E-state index contributed by atoms with van der Waals surface area (Å²) in [6.07, 6.45) is 7.57. The first-order valence-corrected chi connectivity index (χ1v) is 8.78. The predicted molar refractivity (Wildman–Crippen MR) is 99.4 cm³/mol. The van der Waals surface area contributed by atoms with Gasteiger partial charge in [0.15, 0.2) is 0 Å². The number of halogens is 2. The third kappa shape index (κ3) is 4.59. The average molecular weight is 380 g/mol. The van der Waals surface area contributed by atoms with Gasteiger partial charge in [0, 0.05) is 30.1 Å². The minimum absolute atomic E-state index is 0. The lowest BCUT2D eigenvalue weighted by molar-refractivity contribution is -0.137. The Hall–Kier alpha value is -0.360. The Bertz CT molecular complexity index is 511. The van der Waals surface area contributed by atoms with Crippen LogP contribution < -0.4 is 5.73 Å². The largest absolute Gasteiger partial charge is 0.340 e. The van der Waals surface area contributed by atoms with Gasteiger partial charge in [0.25, 0.3) is 0 Å². The van der Waals surface area contributed by atoms with Crippen LogP contribution in [0.2, 0.25) is 0 Å². The molecule has 1 aromatic rings. The molecule has 0 aromatic carbocycles. The number of carbonyl (C=O) groups is 1. The molecule has 2 atom stereocenters. The first kappa shape index (κ1) is 20.7. The number of hydrogen-bond acceptors (Lipinski definition) is 4. The maximum absolute atomic E-state index is 12.7. The van der Waals surface area contributed by atoms with Gasteiger partial charge in [-0.3, -0.25) is 4.79 Å². The smallest absolute Gasteiger partial charge is 0.225 e. The van der Waals surface area contributed by atoms with E-state index >= 15 is 0 Å². The van der Waals surface area contributed by atoms with E-state index in [1.807, 2.05) is 25.1 Å². The lowest BCUT2D eigenvalue weighted by Gasteiger charge is -2.44. The second kappa shape index (κ2) is 8.65. The highest BCUT2D eigenvalue weighted by Gasteiger charge is 2.41. The van der Waals surface area contributed by atoms with Crippen LogP contribution in [0.15, 0.2) is 6.20 Å². The summed E-state index contributed by atoms with van der Waals surface area (Å²) in [5.74, 6) is 1.60. The third-order valence-electron chi connectivity index (χ3n) is 5.20. The summed E-state index contributed by atoms with van der Waals surface area (Å²) in [6.45, 7) is 2.68. The fourth-order valence-corrected chi connectivity index (χ4v) is 4.94. The average Bonchev–Trinajstić information content (AvgIpc) is 2.83. The summed E-state index contributed by atoms with van der Waals surface area (Å²) in [7, 11) is 1.92. The molecule has 2 fully saturated rings. The van der Waals surface area contributed by atoms with Crippen LogP contribution in [0.5, 0.6) is 0 Å². The molecule has 2 aliphatic rings. The predicted octanol–water partition coefficient (Wildman–Crippen LogP) is 3.41. The van der Waals surface area contributed by atoms with Crippen molar-refractivity contribution in [1.82, 2.24) is 9.88 Å². The van der Waals surface area contributed by atoms with Gasteiger partial charge in [0.05, 0.1) is 11.6 Å². The number of rotatable bonds is 3. The van der Waals surface area contributed by atoms with Crippen LogP contribution >= 0.6 is 36.2 Å². The molecule has 0 spiro atoms. The van der Waals surface area contributed by atoms with Crippen LogP contribution in [0.25, 0.3) is 0 Å². The minimum Gasteiger partial charge on any atom is -0.340 e. The van der Waals surface area contributed by atoms with Crippen LogP contribution in [0, 0.1) is 24.7 Å². The molecule has 4 nitrogen and oxygen atoms in total. The standard InChI is InChI=1S/C16H25N3OS.2ClH/c1-10-18-8-14(21-10)9-19(2)16(20)13-6-11-4-3-5-12(7-13)15(11)17;;/h8,11-13,15H,3-7,9,17H2,1-2H3;2*1H. The lowest BCUT2D eigenvalue weighted by atomic mass is 9.65. The van der Waals surface area contributed by atoms with Crippen molar-refractivity contribution >= 4 is 42.1 Å². The normalized spacial score (nSPS) is 29.2. The number of aryl methyl sites for hydroxylation is 1. The molecule has 2 N–H and O–H groups in total. The first-order valence-electron chi connectivity index (χ1n) is 7.96. The summed E-state index contributed by atoms with van der Waals surface area (Å²) in [6, 6.07) is 0.331. The molecule has 0 aliphatic heterocycles. The van der Waals surface area contributed by atoms with Crippen LogP contribution in [0.3, 0.4) is 0 Å². The molecule has 23 heavy (non-hydrogen) atoms. The number of nitrogens with zero attached hydrogens (tertiary/aromatic N) is 2. The Morgan fingerprint density at radius 2 is 1.96 bits per heavy atom. The van der Waals surface area contributed by atoms with Gasteiger partial charge in [0.2, 0.25) is 5.91 Å². The molecule has 0 saturated heterocycles. The summed E-state index contributed by atoms with van der Waals surface area (Å²) >= 11 is 1.67. The van der Waals surface area contributed by atoms with E-state index in [1.54, 1.807) is 11.3 Å². The summed E-state index contributed by atoms with van der Waals surface area (Å²) in [4.78, 5) is 20.0. The molecular formula is C16H27Cl2N3OS. The zero-order chi connectivity index (χ0) is 15.0. The molecule has 1 amide bonds. The molecule has 2 bridgehead atoms.